The molecule has 0 spiro atoms. The van der Waals surface area contributed by atoms with Crippen molar-refractivity contribution in [1.82, 2.24) is 4.98 Å². The summed E-state index contributed by atoms with van der Waals surface area (Å²) in [5.41, 5.74) is -4.17. The number of alkyl halides is 3. The Bertz CT molecular complexity index is 484. The Morgan fingerprint density at radius 2 is 1.87 bits per heavy atom. The van der Waals surface area contributed by atoms with Gasteiger partial charge in [0.15, 0.2) is 10.8 Å². The zero-order valence-electron chi connectivity index (χ0n) is 7.34. The second-order valence-electron chi connectivity index (χ2n) is 2.94. The summed E-state index contributed by atoms with van der Waals surface area (Å²) in [6.07, 6.45) is 0. The molecule has 0 aliphatic heterocycles. The zero-order chi connectivity index (χ0) is 11.1. The lowest BCUT2D eigenvalue weighted by Gasteiger charge is -2.02. The molecule has 6 heteroatoms. The molecule has 0 aliphatic carbocycles. The van der Waals surface area contributed by atoms with Crippen molar-refractivity contribution in [3.05, 3.63) is 30.3 Å². The Kier molecular flexibility index (Phi) is 2.30. The molecule has 1 aromatic carbocycles. The van der Waals surface area contributed by atoms with E-state index in [4.69, 9.17) is 0 Å². The van der Waals surface area contributed by atoms with E-state index in [1.54, 1.807) is 24.3 Å². The molecule has 0 saturated heterocycles. The molecule has 2 nitrogen and oxygen atoms in total. The van der Waals surface area contributed by atoms with Crippen LogP contribution in [0.2, 0.25) is 0 Å². The number of hydrogen-bond acceptors (Lipinski definition) is 1. The second-order valence-corrected chi connectivity index (χ2v) is 4.38. The first kappa shape index (κ1) is 10.2. The van der Waals surface area contributed by atoms with Gasteiger partial charge >= 0.3 is 5.51 Å². The monoisotopic (exact) mass is 233 g/mol. The number of rotatable bonds is 1. The minimum absolute atomic E-state index is 0.316. The van der Waals surface area contributed by atoms with Gasteiger partial charge in [0, 0.05) is 10.9 Å². The molecule has 2 rings (SSSR count). The molecular formula is C9H6F3NOS. The number of nitrogens with one attached hydrogen (secondary N) is 1. The van der Waals surface area contributed by atoms with Crippen molar-refractivity contribution >= 4 is 21.7 Å². The predicted molar refractivity (Wildman–Crippen MR) is 50.8 cm³/mol. The van der Waals surface area contributed by atoms with E-state index in [1.807, 2.05) is 0 Å². The van der Waals surface area contributed by atoms with Gasteiger partial charge in [-0.05, 0) is 12.1 Å². The number of fused-ring (bicyclic) bond motifs is 1. The minimum atomic E-state index is -4.72. The van der Waals surface area contributed by atoms with Crippen LogP contribution < -0.4 is 0 Å². The zero-order valence-corrected chi connectivity index (χ0v) is 8.15. The maximum atomic E-state index is 12.1. The van der Waals surface area contributed by atoms with Crippen molar-refractivity contribution in [2.24, 2.45) is 0 Å². The number of halogens is 3. The van der Waals surface area contributed by atoms with Crippen molar-refractivity contribution in [3.63, 3.8) is 0 Å². The third-order valence-corrected chi connectivity index (χ3v) is 2.96. The molecule has 1 heterocycles. The lowest BCUT2D eigenvalue weighted by Crippen LogP contribution is -2.16. The number of para-hydroxylation sites is 1. The van der Waals surface area contributed by atoms with Crippen LogP contribution >= 0.6 is 0 Å². The van der Waals surface area contributed by atoms with Crippen LogP contribution in [0, 0.1) is 0 Å². The minimum Gasteiger partial charge on any atom is -0.347 e. The van der Waals surface area contributed by atoms with Crippen LogP contribution in [0.5, 0.6) is 0 Å². The van der Waals surface area contributed by atoms with E-state index in [9.17, 15) is 17.4 Å². The molecule has 1 atom stereocenters. The van der Waals surface area contributed by atoms with Gasteiger partial charge in [-0.25, -0.2) is 4.21 Å². The summed E-state index contributed by atoms with van der Waals surface area (Å²) >= 11 is 0. The Hall–Kier alpha value is -1.30. The largest absolute Gasteiger partial charge is 0.477 e. The fraction of sp³-hybridized carbons (Fsp3) is 0.111. The summed E-state index contributed by atoms with van der Waals surface area (Å²) in [7, 11) is -2.99. The summed E-state index contributed by atoms with van der Waals surface area (Å²) < 4.78 is 47.4. The van der Waals surface area contributed by atoms with Gasteiger partial charge < -0.3 is 4.98 Å². The molecule has 1 unspecified atom stereocenters. The molecule has 15 heavy (non-hydrogen) atoms. The molecule has 0 saturated carbocycles. The van der Waals surface area contributed by atoms with Crippen molar-refractivity contribution in [2.75, 3.05) is 0 Å². The Morgan fingerprint density at radius 3 is 2.47 bits per heavy atom. The molecule has 0 aliphatic rings. The fourth-order valence-corrected chi connectivity index (χ4v) is 1.96. The number of H-pyrrole nitrogens is 1. The first-order valence-electron chi connectivity index (χ1n) is 4.05. The quantitative estimate of drug-likeness (QED) is 0.807. The third-order valence-electron chi connectivity index (χ3n) is 1.92. The van der Waals surface area contributed by atoms with Crippen LogP contribution in [0.3, 0.4) is 0 Å². The van der Waals surface area contributed by atoms with Gasteiger partial charge in [-0.15, -0.1) is 0 Å². The van der Waals surface area contributed by atoms with Crippen molar-refractivity contribution in [3.8, 4) is 0 Å². The Balaban J connectivity index is 2.50. The van der Waals surface area contributed by atoms with Gasteiger partial charge in [-0.2, -0.15) is 13.2 Å². The average Bonchev–Trinajstić information content (AvgIpc) is 2.58. The lowest BCUT2D eigenvalue weighted by molar-refractivity contribution is -0.0386. The van der Waals surface area contributed by atoms with Gasteiger partial charge in [-0.1, -0.05) is 18.2 Å². The highest BCUT2D eigenvalue weighted by Gasteiger charge is 2.38. The first-order valence-corrected chi connectivity index (χ1v) is 5.20. The number of hydrogen-bond donors (Lipinski definition) is 1. The molecule has 2 aromatic rings. The van der Waals surface area contributed by atoms with Crippen molar-refractivity contribution < 1.29 is 17.4 Å². The SMILES string of the molecule is O=S(c1cc2ccccc2[nH]1)C(F)(F)F. The molecule has 0 radical (unpaired) electrons. The third kappa shape index (κ3) is 1.90. The summed E-state index contributed by atoms with van der Waals surface area (Å²) in [5, 5.41) is 0.300. The Labute approximate surface area is 85.6 Å². The van der Waals surface area contributed by atoms with Crippen LogP contribution in [0.25, 0.3) is 10.9 Å². The van der Waals surface area contributed by atoms with Crippen molar-refractivity contribution in [2.45, 2.75) is 10.5 Å². The molecule has 1 aromatic heterocycles. The molecule has 1 N–H and O–H groups in total. The van der Waals surface area contributed by atoms with E-state index in [0.29, 0.717) is 10.9 Å². The maximum Gasteiger partial charge on any atom is 0.477 e. The molecular weight excluding hydrogens is 227 g/mol. The lowest BCUT2D eigenvalue weighted by atomic mass is 10.3. The highest BCUT2D eigenvalue weighted by Crippen LogP contribution is 2.27. The topological polar surface area (TPSA) is 32.9 Å². The van der Waals surface area contributed by atoms with E-state index >= 15 is 0 Å². The smallest absolute Gasteiger partial charge is 0.347 e. The average molecular weight is 233 g/mol. The molecule has 0 amide bonds. The maximum absolute atomic E-state index is 12.1. The standard InChI is InChI=1S/C9H6F3NOS/c10-9(11,12)15(14)8-5-6-3-1-2-4-7(6)13-8/h1-5,13H. The van der Waals surface area contributed by atoms with E-state index < -0.39 is 16.3 Å². The van der Waals surface area contributed by atoms with Gasteiger partial charge in [-0.3, -0.25) is 0 Å². The summed E-state index contributed by atoms with van der Waals surface area (Å²) in [5.74, 6) is 0. The van der Waals surface area contributed by atoms with E-state index in [2.05, 4.69) is 4.98 Å². The van der Waals surface area contributed by atoms with Gasteiger partial charge in [0.25, 0.3) is 0 Å². The molecule has 0 bridgehead atoms. The van der Waals surface area contributed by atoms with Gasteiger partial charge in [0.1, 0.15) is 5.03 Å². The van der Waals surface area contributed by atoms with Gasteiger partial charge in [0.2, 0.25) is 0 Å². The number of benzene rings is 1. The van der Waals surface area contributed by atoms with E-state index in [1.165, 1.54) is 6.07 Å². The van der Waals surface area contributed by atoms with E-state index in [-0.39, 0.29) is 5.03 Å². The molecule has 0 fully saturated rings. The van der Waals surface area contributed by atoms with Crippen LogP contribution in [0.15, 0.2) is 35.4 Å². The second kappa shape index (κ2) is 3.37. The summed E-state index contributed by atoms with van der Waals surface area (Å²) in [6, 6.07) is 7.93. The Morgan fingerprint density at radius 1 is 1.20 bits per heavy atom. The van der Waals surface area contributed by atoms with E-state index in [0.717, 1.165) is 0 Å². The van der Waals surface area contributed by atoms with Crippen LogP contribution in [0.4, 0.5) is 13.2 Å². The van der Waals surface area contributed by atoms with Crippen LogP contribution in [-0.4, -0.2) is 14.7 Å². The van der Waals surface area contributed by atoms with Gasteiger partial charge in [0.05, 0.1) is 0 Å². The van der Waals surface area contributed by atoms with Crippen molar-refractivity contribution in [1.29, 1.82) is 0 Å². The normalized spacial score (nSPS) is 14.3. The molecule has 80 valence electrons. The highest BCUT2D eigenvalue weighted by atomic mass is 32.2. The summed E-state index contributed by atoms with van der Waals surface area (Å²) in [4.78, 5) is 2.48. The highest BCUT2D eigenvalue weighted by molar-refractivity contribution is 7.85. The first-order chi connectivity index (χ1) is 6.98. The predicted octanol–water partition coefficient (Wildman–Crippen LogP) is 2.80. The number of aromatic nitrogens is 1. The number of aromatic amines is 1. The fourth-order valence-electron chi connectivity index (χ4n) is 1.27. The summed E-state index contributed by atoms with van der Waals surface area (Å²) in [6.45, 7) is 0. The van der Waals surface area contributed by atoms with Crippen LogP contribution in [0.1, 0.15) is 0 Å². The van der Waals surface area contributed by atoms with Crippen LogP contribution in [-0.2, 0) is 10.8 Å².